The Morgan fingerprint density at radius 2 is 1.88 bits per heavy atom. The van der Waals surface area contributed by atoms with Crippen molar-refractivity contribution in [1.82, 2.24) is 5.32 Å². The zero-order valence-electron chi connectivity index (χ0n) is 19.6. The summed E-state index contributed by atoms with van der Waals surface area (Å²) in [5, 5.41) is 18.1. The third-order valence-corrected chi connectivity index (χ3v) is 5.43. The van der Waals surface area contributed by atoms with Gasteiger partial charge in [0.2, 0.25) is 0 Å². The van der Waals surface area contributed by atoms with Gasteiger partial charge in [-0.25, -0.2) is 4.79 Å². The number of carbonyl (C=O) groups is 2. The number of hydrogen-bond donors (Lipinski definition) is 3. The van der Waals surface area contributed by atoms with E-state index in [9.17, 15) is 14.7 Å². The largest absolute Gasteiger partial charge is 0.497 e. The molecule has 2 aromatic carbocycles. The SMILES string of the molecule is COc1ccc2cc(CC/C(C)=N/OCCOC(=O)C[C@H](NC(=S)[C@H](C)N)C(=O)O)ccc2c1. The lowest BCUT2D eigenvalue weighted by Crippen LogP contribution is -2.47. The van der Waals surface area contributed by atoms with Gasteiger partial charge < -0.3 is 30.5 Å². The van der Waals surface area contributed by atoms with Crippen LogP contribution in [0.3, 0.4) is 0 Å². The van der Waals surface area contributed by atoms with E-state index in [-0.39, 0.29) is 24.6 Å². The molecule has 4 N–H and O–H groups in total. The number of aryl methyl sites for hydroxylation is 1. The molecule has 0 aliphatic heterocycles. The highest BCUT2D eigenvalue weighted by Crippen LogP contribution is 2.22. The van der Waals surface area contributed by atoms with E-state index >= 15 is 0 Å². The van der Waals surface area contributed by atoms with Crippen LogP contribution >= 0.6 is 12.2 Å². The normalized spacial score (nSPS) is 13.1. The van der Waals surface area contributed by atoms with Crippen LogP contribution in [0.25, 0.3) is 10.8 Å². The lowest BCUT2D eigenvalue weighted by atomic mass is 10.0. The highest BCUT2D eigenvalue weighted by molar-refractivity contribution is 7.80. The quantitative estimate of drug-likeness (QED) is 0.128. The number of nitrogens with zero attached hydrogens (tertiary/aromatic N) is 1. The van der Waals surface area contributed by atoms with Gasteiger partial charge in [0.1, 0.15) is 18.4 Å². The number of nitrogens with two attached hydrogens (primary N) is 1. The van der Waals surface area contributed by atoms with Crippen molar-refractivity contribution in [3.63, 3.8) is 0 Å². The first kappa shape index (κ1) is 27.0. The van der Waals surface area contributed by atoms with Gasteiger partial charge in [-0.05, 0) is 55.2 Å². The minimum atomic E-state index is -1.22. The van der Waals surface area contributed by atoms with Crippen LogP contribution < -0.4 is 15.8 Å². The third kappa shape index (κ3) is 8.95. The lowest BCUT2D eigenvalue weighted by molar-refractivity contribution is -0.150. The fraction of sp³-hybridized carbons (Fsp3) is 0.417. The van der Waals surface area contributed by atoms with Gasteiger partial charge in [0.05, 0.1) is 30.3 Å². The highest BCUT2D eigenvalue weighted by Gasteiger charge is 2.23. The van der Waals surface area contributed by atoms with Crippen LogP contribution in [0.1, 0.15) is 32.3 Å². The zero-order chi connectivity index (χ0) is 25.1. The molecule has 0 fully saturated rings. The average molecular weight is 490 g/mol. The van der Waals surface area contributed by atoms with Crippen LogP contribution in [0.15, 0.2) is 41.6 Å². The van der Waals surface area contributed by atoms with Gasteiger partial charge in [0.15, 0.2) is 6.61 Å². The Bertz CT molecular complexity index is 1040. The van der Waals surface area contributed by atoms with Crippen molar-refractivity contribution < 1.29 is 29.0 Å². The van der Waals surface area contributed by atoms with Gasteiger partial charge in [-0.3, -0.25) is 4.79 Å². The molecule has 0 aromatic heterocycles. The molecule has 2 rings (SSSR count). The number of hydrogen-bond acceptors (Lipinski definition) is 8. The van der Waals surface area contributed by atoms with Gasteiger partial charge >= 0.3 is 11.9 Å². The molecule has 10 heteroatoms. The van der Waals surface area contributed by atoms with E-state index in [1.54, 1.807) is 14.0 Å². The molecule has 2 aromatic rings. The number of carboxylic acid groups (broad SMARTS) is 1. The summed E-state index contributed by atoms with van der Waals surface area (Å²) in [6.07, 6.45) is 1.14. The van der Waals surface area contributed by atoms with Gasteiger partial charge in [0, 0.05) is 0 Å². The van der Waals surface area contributed by atoms with Gasteiger partial charge in [-0.15, -0.1) is 0 Å². The van der Waals surface area contributed by atoms with E-state index in [0.717, 1.165) is 28.7 Å². The van der Waals surface area contributed by atoms with E-state index in [4.69, 9.17) is 32.3 Å². The summed E-state index contributed by atoms with van der Waals surface area (Å²) in [6, 6.07) is 10.5. The number of fused-ring (bicyclic) bond motifs is 1. The van der Waals surface area contributed by atoms with E-state index in [1.807, 2.05) is 25.1 Å². The maximum atomic E-state index is 11.9. The van der Waals surface area contributed by atoms with Crippen LogP contribution in [0.4, 0.5) is 0 Å². The predicted octanol–water partition coefficient (Wildman–Crippen LogP) is 2.82. The first-order chi connectivity index (χ1) is 16.2. The Balaban J connectivity index is 1.71. The molecule has 0 saturated heterocycles. The second kappa shape index (κ2) is 13.5. The summed E-state index contributed by atoms with van der Waals surface area (Å²) < 4.78 is 10.3. The number of benzene rings is 2. The molecule has 34 heavy (non-hydrogen) atoms. The molecular formula is C24H31N3O6S. The number of aliphatic carboxylic acids is 1. The first-order valence-corrected chi connectivity index (χ1v) is 11.3. The van der Waals surface area contributed by atoms with Gasteiger partial charge in [-0.2, -0.15) is 0 Å². The smallest absolute Gasteiger partial charge is 0.326 e. The summed E-state index contributed by atoms with van der Waals surface area (Å²) in [7, 11) is 1.65. The standard InChI is InChI=1S/C24H31N3O6S/c1-15(4-5-17-6-7-19-13-20(31-3)9-8-18(19)12-17)27-33-11-10-32-22(28)14-21(24(29)30)26-23(34)16(2)25/h6-9,12-13,16,21H,4-5,10-11,14,25H2,1-3H3,(H,26,34)(H,29,30)/b27-15+/t16-,21-/m0/s1. The van der Waals surface area contributed by atoms with Crippen LogP contribution in [-0.2, 0) is 25.6 Å². The van der Waals surface area contributed by atoms with Gasteiger partial charge in [0.25, 0.3) is 0 Å². The number of oxime groups is 1. The lowest BCUT2D eigenvalue weighted by Gasteiger charge is -2.17. The summed E-state index contributed by atoms with van der Waals surface area (Å²) in [6.45, 7) is 3.49. The van der Waals surface area contributed by atoms with Crippen molar-refractivity contribution in [3.05, 3.63) is 42.0 Å². The highest BCUT2D eigenvalue weighted by atomic mass is 32.1. The molecule has 0 heterocycles. The van der Waals surface area contributed by atoms with Crippen molar-refractivity contribution in [1.29, 1.82) is 0 Å². The minimum absolute atomic E-state index is 0.0478. The number of nitrogens with one attached hydrogen (secondary N) is 1. The summed E-state index contributed by atoms with van der Waals surface area (Å²) >= 11 is 4.96. The van der Waals surface area contributed by atoms with Crippen LogP contribution in [0, 0.1) is 0 Å². The molecule has 184 valence electrons. The Morgan fingerprint density at radius 3 is 2.56 bits per heavy atom. The first-order valence-electron chi connectivity index (χ1n) is 10.9. The molecule has 2 atom stereocenters. The summed E-state index contributed by atoms with van der Waals surface area (Å²) in [4.78, 5) is 28.5. The molecule has 0 amide bonds. The third-order valence-electron chi connectivity index (χ3n) is 4.94. The number of rotatable bonds is 13. The maximum absolute atomic E-state index is 11.9. The molecule has 0 bridgehead atoms. The van der Waals surface area contributed by atoms with E-state index in [1.165, 1.54) is 5.56 Å². The molecule has 9 nitrogen and oxygen atoms in total. The fourth-order valence-electron chi connectivity index (χ4n) is 3.00. The number of carbonyl (C=O) groups excluding carboxylic acids is 1. The molecule has 0 unspecified atom stereocenters. The molecule has 0 spiro atoms. The van der Waals surface area contributed by atoms with Gasteiger partial charge in [-0.1, -0.05) is 41.6 Å². The Kier molecular flexibility index (Phi) is 10.7. The molecular weight excluding hydrogens is 458 g/mol. The fourth-order valence-corrected chi connectivity index (χ4v) is 3.15. The van der Waals surface area contributed by atoms with Crippen molar-refractivity contribution in [2.75, 3.05) is 20.3 Å². The number of esters is 1. The second-order valence-corrected chi connectivity index (χ2v) is 8.26. The predicted molar refractivity (Wildman–Crippen MR) is 134 cm³/mol. The van der Waals surface area contributed by atoms with Crippen molar-refractivity contribution in [3.8, 4) is 5.75 Å². The number of thiocarbonyl (C=S) groups is 1. The number of ether oxygens (including phenoxy) is 2. The second-order valence-electron chi connectivity index (χ2n) is 7.82. The van der Waals surface area contributed by atoms with Crippen molar-refractivity contribution in [2.45, 2.75) is 45.2 Å². The Labute approximate surface area is 204 Å². The number of methoxy groups -OCH3 is 1. The molecule has 0 radical (unpaired) electrons. The van der Waals surface area contributed by atoms with E-state index < -0.39 is 24.0 Å². The Hall–Kier alpha value is -3.24. The average Bonchev–Trinajstić information content (AvgIpc) is 2.81. The van der Waals surface area contributed by atoms with E-state index in [0.29, 0.717) is 6.42 Å². The Morgan fingerprint density at radius 1 is 1.18 bits per heavy atom. The topological polar surface area (TPSA) is 132 Å². The maximum Gasteiger partial charge on any atom is 0.326 e. The number of carboxylic acids is 1. The zero-order valence-corrected chi connectivity index (χ0v) is 20.4. The van der Waals surface area contributed by atoms with Crippen molar-refractivity contribution >= 4 is 45.6 Å². The van der Waals surface area contributed by atoms with Crippen LogP contribution in [-0.4, -0.2) is 60.2 Å². The van der Waals surface area contributed by atoms with E-state index in [2.05, 4.69) is 28.7 Å². The molecule has 0 aliphatic carbocycles. The summed E-state index contributed by atoms with van der Waals surface area (Å²) in [5.41, 5.74) is 7.59. The molecule has 0 saturated carbocycles. The minimum Gasteiger partial charge on any atom is -0.497 e. The summed E-state index contributed by atoms with van der Waals surface area (Å²) in [5.74, 6) is -1.08. The van der Waals surface area contributed by atoms with Crippen LogP contribution in [0.5, 0.6) is 5.75 Å². The monoisotopic (exact) mass is 489 g/mol. The van der Waals surface area contributed by atoms with Crippen LogP contribution in [0.2, 0.25) is 0 Å². The van der Waals surface area contributed by atoms with Crippen molar-refractivity contribution in [2.24, 2.45) is 10.9 Å². The molecule has 0 aliphatic rings.